The summed E-state index contributed by atoms with van der Waals surface area (Å²) in [4.78, 5) is 54.2. The second-order valence-electron chi connectivity index (χ2n) is 13.4. The van der Waals surface area contributed by atoms with E-state index in [9.17, 15) is 23.6 Å². The number of carbonyl (C=O) groups is 4. The summed E-state index contributed by atoms with van der Waals surface area (Å²) in [5.74, 6) is -1.48. The van der Waals surface area contributed by atoms with Crippen LogP contribution in [0.3, 0.4) is 0 Å². The van der Waals surface area contributed by atoms with Gasteiger partial charge in [-0.25, -0.2) is 14.0 Å². The van der Waals surface area contributed by atoms with Crippen molar-refractivity contribution in [1.82, 2.24) is 10.2 Å². The Morgan fingerprint density at radius 1 is 1.00 bits per heavy atom. The Balaban J connectivity index is 1.29. The maximum absolute atomic E-state index is 14.0. The number of fused-ring (bicyclic) bond motifs is 1. The van der Waals surface area contributed by atoms with Crippen molar-refractivity contribution in [2.24, 2.45) is 11.8 Å². The number of anilines is 1. The number of hydrogen-bond acceptors (Lipinski definition) is 7. The molecule has 11 heteroatoms. The van der Waals surface area contributed by atoms with Crippen LogP contribution < -0.4 is 10.6 Å². The lowest BCUT2D eigenvalue weighted by molar-refractivity contribution is -0.141. The molecule has 252 valence electrons. The van der Waals surface area contributed by atoms with E-state index < -0.39 is 36.4 Å². The van der Waals surface area contributed by atoms with Gasteiger partial charge in [0.25, 0.3) is 0 Å². The van der Waals surface area contributed by atoms with Crippen molar-refractivity contribution >= 4 is 40.5 Å². The van der Waals surface area contributed by atoms with Crippen molar-refractivity contribution in [2.75, 3.05) is 25.1 Å². The van der Waals surface area contributed by atoms with Crippen molar-refractivity contribution in [2.45, 2.75) is 83.4 Å². The lowest BCUT2D eigenvalue weighted by atomic mass is 9.78. The molecular weight excluding hydrogens is 605 g/mol. The van der Waals surface area contributed by atoms with Crippen molar-refractivity contribution < 1.29 is 37.5 Å². The summed E-state index contributed by atoms with van der Waals surface area (Å²) in [7, 11) is 0. The molecule has 1 aliphatic carbocycles. The highest BCUT2D eigenvalue weighted by Crippen LogP contribution is 2.39. The Morgan fingerprint density at radius 3 is 2.38 bits per heavy atom. The molecule has 1 aliphatic heterocycles. The predicted molar refractivity (Wildman–Crippen MR) is 175 cm³/mol. The van der Waals surface area contributed by atoms with Gasteiger partial charge in [-0.2, -0.15) is 0 Å². The first-order valence-corrected chi connectivity index (χ1v) is 16.4. The third-order valence-corrected chi connectivity index (χ3v) is 9.00. The molecule has 2 fully saturated rings. The third kappa shape index (κ3) is 8.12. The highest BCUT2D eigenvalue weighted by molar-refractivity contribution is 6.00. The van der Waals surface area contributed by atoms with Gasteiger partial charge in [0, 0.05) is 29.5 Å². The number of likely N-dealkylation sites (tertiary alicyclic amines) is 1. The monoisotopic (exact) mass is 649 g/mol. The molecular formula is C36H44FN3O7. The molecule has 1 saturated heterocycles. The molecule has 2 heterocycles. The van der Waals surface area contributed by atoms with Crippen molar-refractivity contribution in [3.05, 3.63) is 65.9 Å². The molecule has 2 aromatic carbocycles. The Bertz CT molecular complexity index is 1580. The number of alkyl halides is 1. The number of esters is 1. The van der Waals surface area contributed by atoms with Gasteiger partial charge in [0.05, 0.1) is 12.6 Å². The summed E-state index contributed by atoms with van der Waals surface area (Å²) < 4.78 is 30.0. The molecule has 5 rings (SSSR count). The fraction of sp³-hybridized carbons (Fsp3) is 0.500. The summed E-state index contributed by atoms with van der Waals surface area (Å²) in [6.45, 7) is 6.92. The molecule has 1 unspecified atom stereocenters. The molecule has 3 atom stereocenters. The number of ether oxygens (including phenoxy) is 2. The molecule has 1 saturated carbocycles. The van der Waals surface area contributed by atoms with Crippen LogP contribution in [-0.4, -0.2) is 66.3 Å². The lowest BCUT2D eigenvalue weighted by Gasteiger charge is -2.36. The van der Waals surface area contributed by atoms with E-state index >= 15 is 0 Å². The number of hydrogen-bond donors (Lipinski definition) is 2. The van der Waals surface area contributed by atoms with Crippen molar-refractivity contribution in [1.29, 1.82) is 0 Å². The van der Waals surface area contributed by atoms with Crippen molar-refractivity contribution in [3.63, 3.8) is 0 Å². The minimum Gasteiger partial charge on any atom is -0.460 e. The highest BCUT2D eigenvalue weighted by atomic mass is 19.1. The van der Waals surface area contributed by atoms with Crippen LogP contribution in [0.2, 0.25) is 0 Å². The number of alkyl carbamates (subject to hydrolysis) is 1. The van der Waals surface area contributed by atoms with E-state index in [0.29, 0.717) is 55.3 Å². The quantitative estimate of drug-likeness (QED) is 0.250. The van der Waals surface area contributed by atoms with Crippen LogP contribution in [0, 0.1) is 11.8 Å². The minimum atomic E-state index is -0.731. The molecule has 0 bridgehead atoms. The Morgan fingerprint density at radius 2 is 1.72 bits per heavy atom. The molecule has 1 aromatic heterocycles. The van der Waals surface area contributed by atoms with E-state index in [-0.39, 0.29) is 41.9 Å². The zero-order chi connectivity index (χ0) is 33.7. The summed E-state index contributed by atoms with van der Waals surface area (Å²) in [6, 6.07) is 15.0. The third-order valence-electron chi connectivity index (χ3n) is 9.00. The number of benzene rings is 2. The number of halogens is 1. The van der Waals surface area contributed by atoms with Gasteiger partial charge >= 0.3 is 12.1 Å². The van der Waals surface area contributed by atoms with Gasteiger partial charge in [-0.15, -0.1) is 0 Å². The maximum atomic E-state index is 14.0. The number of carbonyl (C=O) groups excluding carboxylic acids is 4. The molecule has 10 nitrogen and oxygen atoms in total. The van der Waals surface area contributed by atoms with E-state index in [1.54, 1.807) is 56.9 Å². The number of nitrogens with one attached hydrogen (secondary N) is 2. The van der Waals surface area contributed by atoms with E-state index in [4.69, 9.17) is 13.9 Å². The average molecular weight is 650 g/mol. The first-order valence-electron chi connectivity index (χ1n) is 16.4. The number of amides is 3. The second kappa shape index (κ2) is 14.6. The first kappa shape index (κ1) is 33.9. The first-order chi connectivity index (χ1) is 22.5. The van der Waals surface area contributed by atoms with Crippen LogP contribution >= 0.6 is 0 Å². The molecule has 47 heavy (non-hydrogen) atoms. The highest BCUT2D eigenvalue weighted by Gasteiger charge is 2.45. The van der Waals surface area contributed by atoms with Crippen LogP contribution in [0.1, 0.15) is 81.8 Å². The van der Waals surface area contributed by atoms with Crippen LogP contribution in [0.15, 0.2) is 59.0 Å². The molecule has 2 N–H and O–H groups in total. The zero-order valence-corrected chi connectivity index (χ0v) is 27.4. The predicted octanol–water partition coefficient (Wildman–Crippen LogP) is 6.60. The Kier molecular flexibility index (Phi) is 10.5. The topological polar surface area (TPSA) is 127 Å². The normalized spacial score (nSPS) is 22.0. The molecule has 3 amide bonds. The van der Waals surface area contributed by atoms with Gasteiger partial charge in [-0.05, 0) is 95.5 Å². The SMILES string of the molecule is CCOC(=O)c1cc2cc(NC(=O)[C@@H]3[C@H](c4ccccc4)CCN3C(=O)[C@H]3CC[C@H](C(CF)NC(=O)OC(C)(C)C)CC3)ccc2o1. The fourth-order valence-electron chi connectivity index (χ4n) is 6.80. The van der Waals surface area contributed by atoms with E-state index in [1.807, 2.05) is 30.3 Å². The van der Waals surface area contributed by atoms with Gasteiger partial charge in [-0.3, -0.25) is 9.59 Å². The minimum absolute atomic E-state index is 0.0789. The fourth-order valence-corrected chi connectivity index (χ4v) is 6.80. The van der Waals surface area contributed by atoms with E-state index in [1.165, 1.54) is 0 Å². The van der Waals surface area contributed by atoms with Gasteiger partial charge in [0.1, 0.15) is 23.9 Å². The van der Waals surface area contributed by atoms with Gasteiger partial charge in [0.15, 0.2) is 0 Å². The largest absolute Gasteiger partial charge is 0.460 e. The van der Waals surface area contributed by atoms with Crippen LogP contribution in [0.5, 0.6) is 0 Å². The number of rotatable bonds is 9. The molecule has 3 aromatic rings. The van der Waals surface area contributed by atoms with Crippen LogP contribution in [-0.2, 0) is 19.1 Å². The number of furan rings is 1. The van der Waals surface area contributed by atoms with E-state index in [0.717, 1.165) is 5.56 Å². The molecule has 2 aliphatic rings. The Hall–Kier alpha value is -4.41. The summed E-state index contributed by atoms with van der Waals surface area (Å²) >= 11 is 0. The van der Waals surface area contributed by atoms with E-state index in [2.05, 4.69) is 10.6 Å². The summed E-state index contributed by atoms with van der Waals surface area (Å²) in [5, 5.41) is 6.31. The maximum Gasteiger partial charge on any atom is 0.407 e. The van der Waals surface area contributed by atoms with Crippen LogP contribution in [0.25, 0.3) is 11.0 Å². The summed E-state index contributed by atoms with van der Waals surface area (Å²) in [6.07, 6.45) is 2.21. The van der Waals surface area contributed by atoms with Crippen LogP contribution in [0.4, 0.5) is 14.9 Å². The van der Waals surface area contributed by atoms with Crippen molar-refractivity contribution in [3.8, 4) is 0 Å². The van der Waals surface area contributed by atoms with Gasteiger partial charge in [-0.1, -0.05) is 30.3 Å². The molecule has 0 spiro atoms. The Labute approximate surface area is 274 Å². The number of nitrogens with zero attached hydrogens (tertiary/aromatic N) is 1. The standard InChI is InChI=1S/C36H44FN3O7/c1-5-45-34(43)30-20-25-19-26(15-16-29(25)46-30)38-32(41)31-27(22-9-7-6-8-10-22)17-18-40(31)33(42)24-13-11-23(12-14-24)28(21-37)39-35(44)47-36(2,3)4/h6-10,15-16,19-20,23-24,27-28,31H,5,11-14,17-18,21H2,1-4H3,(H,38,41)(H,39,44)/t23-,24-,27-,28?,31-/m0/s1. The lowest BCUT2D eigenvalue weighted by Crippen LogP contribution is -2.49. The molecule has 0 radical (unpaired) electrons. The van der Waals surface area contributed by atoms with Gasteiger partial charge < -0.3 is 29.4 Å². The average Bonchev–Trinajstić information content (AvgIpc) is 3.68. The second-order valence-corrected chi connectivity index (χ2v) is 13.4. The smallest absolute Gasteiger partial charge is 0.407 e. The summed E-state index contributed by atoms with van der Waals surface area (Å²) in [5.41, 5.74) is 1.29. The zero-order valence-electron chi connectivity index (χ0n) is 27.4. The van der Waals surface area contributed by atoms with Gasteiger partial charge in [0.2, 0.25) is 17.6 Å².